The minimum Gasteiger partial charge on any atom is -0.493 e. The number of aromatic nitrogens is 4. The van der Waals surface area contributed by atoms with Crippen LogP contribution < -0.4 is 9.64 Å². The van der Waals surface area contributed by atoms with Gasteiger partial charge in [-0.05, 0) is 19.1 Å². The first-order chi connectivity index (χ1) is 13.3. The molecule has 0 unspecified atom stereocenters. The summed E-state index contributed by atoms with van der Waals surface area (Å²) in [5.41, 5.74) is 0.824. The zero-order valence-corrected chi connectivity index (χ0v) is 16.5. The average Bonchev–Trinajstić information content (AvgIpc) is 3.37. The van der Waals surface area contributed by atoms with Gasteiger partial charge in [0.2, 0.25) is 16.8 Å². The fourth-order valence-electron chi connectivity index (χ4n) is 2.62. The number of para-hydroxylation sites is 1. The van der Waals surface area contributed by atoms with Crippen LogP contribution in [0.4, 0.5) is 5.13 Å². The fraction of sp³-hybridized carbons (Fsp3) is 0.412. The quantitative estimate of drug-likeness (QED) is 0.550. The first kappa shape index (κ1) is 18.2. The van der Waals surface area contributed by atoms with Gasteiger partial charge >= 0.3 is 0 Å². The maximum atomic E-state index is 5.63. The first-order valence-electron chi connectivity index (χ1n) is 8.67. The second-order valence-electron chi connectivity index (χ2n) is 5.68. The van der Waals surface area contributed by atoms with E-state index in [0.717, 1.165) is 47.1 Å². The van der Waals surface area contributed by atoms with E-state index < -0.39 is 0 Å². The van der Waals surface area contributed by atoms with Crippen LogP contribution in [0.2, 0.25) is 0 Å². The maximum Gasteiger partial charge on any atom is 0.237 e. The van der Waals surface area contributed by atoms with Gasteiger partial charge in [0.15, 0.2) is 4.34 Å². The van der Waals surface area contributed by atoms with E-state index in [1.54, 1.807) is 23.1 Å². The first-order valence-corrected chi connectivity index (χ1v) is 10.5. The van der Waals surface area contributed by atoms with E-state index >= 15 is 0 Å². The number of benzene rings is 1. The third kappa shape index (κ3) is 4.40. The number of thioether (sulfide) groups is 1. The summed E-state index contributed by atoms with van der Waals surface area (Å²) in [5.74, 6) is 2.37. The molecule has 0 radical (unpaired) electrons. The van der Waals surface area contributed by atoms with Crippen molar-refractivity contribution >= 4 is 28.2 Å². The van der Waals surface area contributed by atoms with Gasteiger partial charge in [-0.3, -0.25) is 0 Å². The Morgan fingerprint density at radius 2 is 2.07 bits per heavy atom. The molecule has 27 heavy (non-hydrogen) atoms. The van der Waals surface area contributed by atoms with Gasteiger partial charge < -0.3 is 18.9 Å². The van der Waals surface area contributed by atoms with Crippen LogP contribution in [0, 0.1) is 0 Å². The maximum absolute atomic E-state index is 5.63. The molecule has 0 N–H and O–H groups in total. The molecule has 3 heterocycles. The zero-order chi connectivity index (χ0) is 18.5. The Kier molecular flexibility index (Phi) is 5.85. The Labute approximate surface area is 164 Å². The highest BCUT2D eigenvalue weighted by molar-refractivity contribution is 8.00. The van der Waals surface area contributed by atoms with Crippen LogP contribution >= 0.6 is 23.1 Å². The lowest BCUT2D eigenvalue weighted by Crippen LogP contribution is -2.36. The van der Waals surface area contributed by atoms with Crippen molar-refractivity contribution in [3.63, 3.8) is 0 Å². The molecular weight excluding hydrogens is 386 g/mol. The molecule has 1 aromatic carbocycles. The second-order valence-corrected chi connectivity index (χ2v) is 7.86. The molecule has 1 aliphatic rings. The molecule has 0 saturated carbocycles. The smallest absolute Gasteiger partial charge is 0.237 e. The van der Waals surface area contributed by atoms with E-state index in [4.69, 9.17) is 14.0 Å². The molecule has 1 fully saturated rings. The van der Waals surface area contributed by atoms with E-state index in [1.807, 2.05) is 31.2 Å². The molecule has 0 spiro atoms. The van der Waals surface area contributed by atoms with Crippen LogP contribution in [0.15, 0.2) is 33.1 Å². The van der Waals surface area contributed by atoms with Crippen molar-refractivity contribution < 1.29 is 14.0 Å². The molecule has 3 aromatic rings. The standard InChI is InChI=1S/C17H19N5O3S2/c1-2-24-13-6-4-3-5-12(13)15-18-14(25-21-15)11-26-17-20-19-16(27-17)22-7-9-23-10-8-22/h3-6H,2,7-11H2,1H3. The molecule has 4 rings (SSSR count). The highest BCUT2D eigenvalue weighted by Crippen LogP contribution is 2.32. The van der Waals surface area contributed by atoms with E-state index in [-0.39, 0.29) is 0 Å². The third-order valence-electron chi connectivity index (χ3n) is 3.89. The van der Waals surface area contributed by atoms with Crippen LogP contribution in [0.3, 0.4) is 0 Å². The third-order valence-corrected chi connectivity index (χ3v) is 5.99. The van der Waals surface area contributed by atoms with E-state index in [0.29, 0.717) is 24.1 Å². The van der Waals surface area contributed by atoms with Crippen LogP contribution in [0.5, 0.6) is 5.75 Å². The molecule has 142 valence electrons. The lowest BCUT2D eigenvalue weighted by Gasteiger charge is -2.25. The number of rotatable bonds is 7. The molecule has 1 saturated heterocycles. The summed E-state index contributed by atoms with van der Waals surface area (Å²) < 4.78 is 17.3. The van der Waals surface area contributed by atoms with Gasteiger partial charge in [0, 0.05) is 13.1 Å². The Hall–Kier alpha value is -2.17. The van der Waals surface area contributed by atoms with Crippen molar-refractivity contribution in [3.8, 4) is 17.1 Å². The minimum absolute atomic E-state index is 0.529. The van der Waals surface area contributed by atoms with Crippen LogP contribution in [-0.2, 0) is 10.5 Å². The van der Waals surface area contributed by atoms with Gasteiger partial charge in [0.25, 0.3) is 0 Å². The number of morpholine rings is 1. The van der Waals surface area contributed by atoms with Crippen LogP contribution in [0.1, 0.15) is 12.8 Å². The lowest BCUT2D eigenvalue weighted by molar-refractivity contribution is 0.122. The number of nitrogens with zero attached hydrogens (tertiary/aromatic N) is 5. The summed E-state index contributed by atoms with van der Waals surface area (Å²) >= 11 is 3.11. The largest absolute Gasteiger partial charge is 0.493 e. The van der Waals surface area contributed by atoms with Crippen LogP contribution in [0.25, 0.3) is 11.4 Å². The summed E-state index contributed by atoms with van der Waals surface area (Å²) in [6.07, 6.45) is 0. The van der Waals surface area contributed by atoms with Gasteiger partial charge in [-0.15, -0.1) is 10.2 Å². The predicted molar refractivity (Wildman–Crippen MR) is 103 cm³/mol. The minimum atomic E-state index is 0.529. The van der Waals surface area contributed by atoms with Gasteiger partial charge in [-0.2, -0.15) is 4.98 Å². The van der Waals surface area contributed by atoms with Crippen molar-refractivity contribution in [2.24, 2.45) is 0 Å². The molecule has 8 nitrogen and oxygen atoms in total. The summed E-state index contributed by atoms with van der Waals surface area (Å²) in [7, 11) is 0. The van der Waals surface area contributed by atoms with Crippen molar-refractivity contribution in [1.82, 2.24) is 20.3 Å². The highest BCUT2D eigenvalue weighted by atomic mass is 32.2. The van der Waals surface area contributed by atoms with Gasteiger partial charge in [-0.1, -0.05) is 40.4 Å². The van der Waals surface area contributed by atoms with E-state index in [9.17, 15) is 0 Å². The van der Waals surface area contributed by atoms with Gasteiger partial charge in [0.05, 0.1) is 31.1 Å². The summed E-state index contributed by atoms with van der Waals surface area (Å²) in [4.78, 5) is 6.68. The normalized spacial score (nSPS) is 14.5. The Balaban J connectivity index is 1.39. The predicted octanol–water partition coefficient (Wildman–Crippen LogP) is 3.12. The Morgan fingerprint density at radius 1 is 1.22 bits per heavy atom. The van der Waals surface area contributed by atoms with Crippen molar-refractivity contribution in [3.05, 3.63) is 30.2 Å². The molecule has 1 aliphatic heterocycles. The summed E-state index contributed by atoms with van der Waals surface area (Å²) in [6.45, 7) is 5.70. The second kappa shape index (κ2) is 8.68. The van der Waals surface area contributed by atoms with E-state index in [1.165, 1.54) is 0 Å². The van der Waals surface area contributed by atoms with Crippen molar-refractivity contribution in [2.75, 3.05) is 37.8 Å². The highest BCUT2D eigenvalue weighted by Gasteiger charge is 2.17. The molecule has 0 bridgehead atoms. The molecule has 10 heteroatoms. The van der Waals surface area contributed by atoms with Gasteiger partial charge in [-0.25, -0.2) is 0 Å². The molecule has 2 aromatic heterocycles. The fourth-order valence-corrected chi connectivity index (χ4v) is 4.35. The summed E-state index contributed by atoms with van der Waals surface area (Å²) in [5, 5.41) is 13.5. The molecule has 0 aliphatic carbocycles. The van der Waals surface area contributed by atoms with Crippen LogP contribution in [-0.4, -0.2) is 53.2 Å². The lowest BCUT2D eigenvalue weighted by atomic mass is 10.2. The number of hydrogen-bond acceptors (Lipinski definition) is 10. The summed E-state index contributed by atoms with van der Waals surface area (Å²) in [6, 6.07) is 7.67. The molecule has 0 atom stereocenters. The van der Waals surface area contributed by atoms with Crippen molar-refractivity contribution in [1.29, 1.82) is 0 Å². The Morgan fingerprint density at radius 3 is 2.93 bits per heavy atom. The topological polar surface area (TPSA) is 86.4 Å². The Bertz CT molecular complexity index is 879. The number of ether oxygens (including phenoxy) is 2. The SMILES string of the molecule is CCOc1ccccc1-c1noc(CSc2nnc(N3CCOCC3)s2)n1. The zero-order valence-electron chi connectivity index (χ0n) is 14.8. The molecular formula is C17H19N5O3S2. The van der Waals surface area contributed by atoms with Crippen molar-refractivity contribution in [2.45, 2.75) is 17.0 Å². The number of anilines is 1. The monoisotopic (exact) mass is 405 g/mol. The average molecular weight is 406 g/mol. The number of hydrogen-bond donors (Lipinski definition) is 0. The molecule has 0 amide bonds. The van der Waals surface area contributed by atoms with E-state index in [2.05, 4.69) is 25.2 Å². The van der Waals surface area contributed by atoms with Gasteiger partial charge in [0.1, 0.15) is 5.75 Å².